The average molecular weight is 629 g/mol. The lowest BCUT2D eigenvalue weighted by molar-refractivity contribution is -0.0619. The molecule has 4 aliphatic rings. The number of phenolic OH excluding ortho intramolecular Hbond substituents is 1. The van der Waals surface area contributed by atoms with E-state index in [1.165, 1.54) is 56.9 Å². The third-order valence-electron chi connectivity index (χ3n) is 12.3. The van der Waals surface area contributed by atoms with Crippen molar-refractivity contribution in [3.63, 3.8) is 0 Å². The van der Waals surface area contributed by atoms with Crippen molar-refractivity contribution in [2.24, 2.45) is 56.7 Å². The smallest absolute Gasteiger partial charge is 0.508 e. The minimum Gasteiger partial charge on any atom is -0.508 e. The molecule has 2 aromatic carbocycles. The molecule has 46 heavy (non-hydrogen) atoms. The van der Waals surface area contributed by atoms with Gasteiger partial charge in [0.05, 0.1) is 5.69 Å². The summed E-state index contributed by atoms with van der Waals surface area (Å²) in [6.07, 6.45) is 15.4. The molecule has 0 bridgehead atoms. The zero-order chi connectivity index (χ0) is 32.7. The number of fused-ring (bicyclic) bond motifs is 5. The first-order valence-corrected chi connectivity index (χ1v) is 17.9. The molecule has 8 atom stereocenters. The highest BCUT2D eigenvalue weighted by atomic mass is 16.8. The molecular formula is C40H56N2O4. The molecule has 3 saturated carbocycles. The Kier molecular flexibility index (Phi) is 11.3. The van der Waals surface area contributed by atoms with Crippen LogP contribution in [0.3, 0.4) is 0 Å². The number of allylic oxidation sites excluding steroid dienone is 1. The Morgan fingerprint density at radius 2 is 1.63 bits per heavy atom. The molecule has 6 rings (SSSR count). The number of ether oxygens (including phenoxy) is 1. The van der Waals surface area contributed by atoms with Crippen LogP contribution in [0.25, 0.3) is 0 Å². The van der Waals surface area contributed by atoms with E-state index in [1.807, 2.05) is 24.3 Å². The van der Waals surface area contributed by atoms with Gasteiger partial charge in [-0.25, -0.2) is 4.79 Å². The van der Waals surface area contributed by atoms with Crippen molar-refractivity contribution < 1.29 is 19.5 Å². The predicted molar refractivity (Wildman–Crippen MR) is 183 cm³/mol. The molecule has 0 heterocycles. The summed E-state index contributed by atoms with van der Waals surface area (Å²) in [5, 5.41) is 16.1. The van der Waals surface area contributed by atoms with Crippen LogP contribution in [0.4, 0.5) is 10.5 Å². The molecule has 1 N–H and O–H groups in total. The van der Waals surface area contributed by atoms with E-state index in [0.717, 1.165) is 54.8 Å². The van der Waals surface area contributed by atoms with Gasteiger partial charge in [0.2, 0.25) is 0 Å². The Morgan fingerprint density at radius 1 is 0.913 bits per heavy atom. The molecule has 0 saturated heterocycles. The van der Waals surface area contributed by atoms with Crippen molar-refractivity contribution in [1.82, 2.24) is 0 Å². The Bertz CT molecular complexity index is 1330. The van der Waals surface area contributed by atoms with Crippen LogP contribution in [-0.2, 0) is 9.57 Å². The summed E-state index contributed by atoms with van der Waals surface area (Å²) in [5.41, 5.74) is 2.90. The summed E-state index contributed by atoms with van der Waals surface area (Å²) in [6.45, 7) is 12.4. The first kappa shape index (κ1) is 34.2. The molecule has 0 aliphatic heterocycles. The number of aromatic hydroxyl groups is 1. The van der Waals surface area contributed by atoms with E-state index >= 15 is 0 Å². The quantitative estimate of drug-likeness (QED) is 0.136. The molecular weight excluding hydrogens is 572 g/mol. The van der Waals surface area contributed by atoms with Crippen molar-refractivity contribution >= 4 is 11.8 Å². The van der Waals surface area contributed by atoms with E-state index in [-0.39, 0.29) is 11.5 Å². The van der Waals surface area contributed by atoms with Crippen LogP contribution in [0.1, 0.15) is 105 Å². The van der Waals surface area contributed by atoms with Crippen LogP contribution in [-0.4, -0.2) is 17.4 Å². The molecule has 250 valence electrons. The Balaban J connectivity index is 0.000000527. The monoisotopic (exact) mass is 628 g/mol. The minimum atomic E-state index is -0.759. The van der Waals surface area contributed by atoms with Gasteiger partial charge < -0.3 is 9.84 Å². The Morgan fingerprint density at radius 3 is 2.30 bits per heavy atom. The van der Waals surface area contributed by atoms with E-state index in [9.17, 15) is 4.79 Å². The number of rotatable bonds is 8. The van der Waals surface area contributed by atoms with E-state index in [2.05, 4.69) is 51.1 Å². The summed E-state index contributed by atoms with van der Waals surface area (Å²) < 4.78 is 5.68. The average Bonchev–Trinajstić information content (AvgIpc) is 3.39. The first-order valence-electron chi connectivity index (χ1n) is 17.9. The van der Waals surface area contributed by atoms with E-state index < -0.39 is 6.16 Å². The normalized spacial score (nSPS) is 32.3. The summed E-state index contributed by atoms with van der Waals surface area (Å²) in [7, 11) is 0. The Hall–Kier alpha value is -3.15. The van der Waals surface area contributed by atoms with Gasteiger partial charge in [-0.3, -0.25) is 4.84 Å². The number of para-hydroxylation sites is 1. The zero-order valence-electron chi connectivity index (χ0n) is 28.7. The van der Waals surface area contributed by atoms with E-state index in [0.29, 0.717) is 16.9 Å². The van der Waals surface area contributed by atoms with Gasteiger partial charge in [-0.05, 0) is 116 Å². The fourth-order valence-electron chi connectivity index (χ4n) is 9.93. The second-order valence-electron chi connectivity index (χ2n) is 15.5. The van der Waals surface area contributed by atoms with Crippen LogP contribution < -0.4 is 0 Å². The molecule has 4 aliphatic carbocycles. The standard InChI is InChI=1S/C34H50N2O3.C6H6O/c1-23(2)10-9-11-24(3)29-16-17-30-28-15-14-25-22-27(18-20-33(25,4)31(28)19-21-34(29,30)5)38-32(37)39-36-35-26-12-7-6-8-13-26;7-6-4-2-1-3-5-6/h6-8,12-14,23-24,27-31H,9-11,15-22H2,1-5H3;1-5,7H/t24-,27+,28+,29-,30+,31+,33+,34-;/m1./s1. The Labute approximate surface area is 277 Å². The van der Waals surface area contributed by atoms with Gasteiger partial charge in [0.15, 0.2) is 0 Å². The topological polar surface area (TPSA) is 80.5 Å². The fourth-order valence-corrected chi connectivity index (χ4v) is 9.93. The maximum Gasteiger partial charge on any atom is 0.536 e. The molecule has 6 heteroatoms. The van der Waals surface area contributed by atoms with Gasteiger partial charge in [0, 0.05) is 11.7 Å². The second kappa shape index (κ2) is 15.2. The van der Waals surface area contributed by atoms with Crippen LogP contribution in [0.15, 0.2) is 82.7 Å². The van der Waals surface area contributed by atoms with Crippen molar-refractivity contribution in [1.29, 1.82) is 0 Å². The van der Waals surface area contributed by atoms with Gasteiger partial charge in [-0.2, -0.15) is 0 Å². The van der Waals surface area contributed by atoms with Crippen molar-refractivity contribution in [3.8, 4) is 5.75 Å². The van der Waals surface area contributed by atoms with Crippen LogP contribution in [0, 0.1) is 46.3 Å². The van der Waals surface area contributed by atoms with Gasteiger partial charge in [0.25, 0.3) is 0 Å². The van der Waals surface area contributed by atoms with Crippen molar-refractivity contribution in [2.75, 3.05) is 0 Å². The fraction of sp³-hybridized carbons (Fsp3) is 0.625. The highest BCUT2D eigenvalue weighted by Gasteiger charge is 2.59. The molecule has 6 nitrogen and oxygen atoms in total. The molecule has 2 aromatic rings. The molecule has 3 fully saturated rings. The summed E-state index contributed by atoms with van der Waals surface area (Å²) in [6, 6.07) is 17.9. The summed E-state index contributed by atoms with van der Waals surface area (Å²) in [5.74, 6) is 5.32. The van der Waals surface area contributed by atoms with Gasteiger partial charge in [-0.15, -0.1) is 5.11 Å². The number of hydrogen-bond acceptors (Lipinski definition) is 6. The SMILES string of the molecule is CC(C)CCC[C@@H](C)[C@H]1CC[C@H]2[C@@H]3CC=C4C[C@@H](OC(=O)ON=Nc5ccccc5)CC[C@]4(C)[C@H]3CC[C@]12C.Oc1ccccc1. The number of nitrogens with zero attached hydrogens (tertiary/aromatic N) is 2. The lowest BCUT2D eigenvalue weighted by atomic mass is 9.47. The largest absolute Gasteiger partial charge is 0.536 e. The maximum atomic E-state index is 12.3. The highest BCUT2D eigenvalue weighted by Crippen LogP contribution is 2.67. The van der Waals surface area contributed by atoms with Crippen LogP contribution >= 0.6 is 0 Å². The molecule has 0 aromatic heterocycles. The molecule has 0 amide bonds. The lowest BCUT2D eigenvalue weighted by Gasteiger charge is -2.58. The lowest BCUT2D eigenvalue weighted by Crippen LogP contribution is -2.51. The van der Waals surface area contributed by atoms with Crippen molar-refractivity contribution in [3.05, 3.63) is 72.3 Å². The first-order chi connectivity index (χ1) is 22.1. The van der Waals surface area contributed by atoms with E-state index in [1.54, 1.807) is 36.4 Å². The van der Waals surface area contributed by atoms with Gasteiger partial charge >= 0.3 is 6.16 Å². The van der Waals surface area contributed by atoms with Crippen LogP contribution in [0.2, 0.25) is 0 Å². The second-order valence-corrected chi connectivity index (χ2v) is 15.5. The summed E-state index contributed by atoms with van der Waals surface area (Å²) in [4.78, 5) is 17.2. The third-order valence-corrected chi connectivity index (χ3v) is 12.3. The predicted octanol–water partition coefficient (Wildman–Crippen LogP) is 11.6. The maximum absolute atomic E-state index is 12.3. The molecule has 0 spiro atoms. The number of carbonyl (C=O) groups excluding carboxylic acids is 1. The highest BCUT2D eigenvalue weighted by molar-refractivity contribution is 5.60. The third kappa shape index (κ3) is 7.86. The van der Waals surface area contributed by atoms with E-state index in [4.69, 9.17) is 14.7 Å². The van der Waals surface area contributed by atoms with Gasteiger partial charge in [-0.1, -0.05) is 102 Å². The summed E-state index contributed by atoms with van der Waals surface area (Å²) >= 11 is 0. The van der Waals surface area contributed by atoms with Crippen molar-refractivity contribution in [2.45, 2.75) is 111 Å². The number of benzene rings is 2. The van der Waals surface area contributed by atoms with Crippen LogP contribution in [0.5, 0.6) is 5.75 Å². The molecule has 0 radical (unpaired) electrons. The minimum absolute atomic E-state index is 0.142. The van der Waals surface area contributed by atoms with Gasteiger partial charge in [0.1, 0.15) is 11.9 Å². The molecule has 0 unspecified atom stereocenters. The zero-order valence-corrected chi connectivity index (χ0v) is 28.7. The number of phenols is 1. The number of hydrogen-bond donors (Lipinski definition) is 1. The number of carbonyl (C=O) groups is 1.